The average molecular weight is 365 g/mol. The van der Waals surface area contributed by atoms with Crippen molar-refractivity contribution in [1.29, 1.82) is 0 Å². The van der Waals surface area contributed by atoms with Gasteiger partial charge in [-0.2, -0.15) is 40.2 Å². The van der Waals surface area contributed by atoms with Crippen molar-refractivity contribution in [2.45, 2.75) is 18.3 Å². The summed E-state index contributed by atoms with van der Waals surface area (Å²) in [4.78, 5) is 13.1. The van der Waals surface area contributed by atoms with Gasteiger partial charge in [0.25, 0.3) is 0 Å². The number of nitrogens with zero attached hydrogens (tertiary/aromatic N) is 3. The zero-order valence-corrected chi connectivity index (χ0v) is 12.4. The molecule has 1 rings (SSSR count). The van der Waals surface area contributed by atoms with Crippen molar-refractivity contribution >= 4 is 5.78 Å². The Morgan fingerprint density at radius 3 is 1.96 bits per heavy atom. The highest BCUT2D eigenvalue weighted by atomic mass is 19.4. The predicted molar refractivity (Wildman–Crippen MR) is 65.3 cm³/mol. The Hall–Kier alpha value is -2.14. The molecule has 0 aliphatic rings. The molecule has 0 aliphatic carbocycles. The minimum atomic E-state index is -6.30. The van der Waals surface area contributed by atoms with Gasteiger partial charge in [0, 0.05) is 33.4 Å². The topological polar surface area (TPSA) is 38.1 Å². The number of carbonyl (C=O) groups is 1. The van der Waals surface area contributed by atoms with Crippen LogP contribution >= 0.6 is 0 Å². The standard InChI is InChI=1S/C12H11F8N3O/c1-22(2)5-4-6(24)8-7(11(15,16)17)9(21-23(8)3)10(13,14)12(18,19)20/h4-5H,1-3H3/b5-4+. The number of alkyl halides is 8. The van der Waals surface area contributed by atoms with E-state index < -0.39 is 41.0 Å². The lowest BCUT2D eigenvalue weighted by Crippen LogP contribution is -2.36. The van der Waals surface area contributed by atoms with Crippen molar-refractivity contribution in [1.82, 2.24) is 14.7 Å². The highest BCUT2D eigenvalue weighted by Gasteiger charge is 2.64. The number of hydrogen-bond acceptors (Lipinski definition) is 3. The Balaban J connectivity index is 3.68. The van der Waals surface area contributed by atoms with Crippen LogP contribution in [0.25, 0.3) is 0 Å². The lowest BCUT2D eigenvalue weighted by Gasteiger charge is -2.19. The molecule has 0 atom stereocenters. The first-order chi connectivity index (χ1) is 10.6. The molecule has 0 amide bonds. The molecule has 1 aromatic rings. The Kier molecular flexibility index (Phi) is 5.02. The third-order valence-electron chi connectivity index (χ3n) is 2.74. The number of rotatable bonds is 4. The van der Waals surface area contributed by atoms with E-state index >= 15 is 0 Å². The van der Waals surface area contributed by atoms with E-state index in [9.17, 15) is 39.9 Å². The second kappa shape index (κ2) is 6.06. The molecule has 0 unspecified atom stereocenters. The van der Waals surface area contributed by atoms with Gasteiger partial charge in [0.15, 0.2) is 5.69 Å². The molecule has 4 nitrogen and oxygen atoms in total. The molecule has 0 fully saturated rings. The summed E-state index contributed by atoms with van der Waals surface area (Å²) >= 11 is 0. The van der Waals surface area contributed by atoms with E-state index in [1.54, 1.807) is 0 Å². The first-order valence-electron chi connectivity index (χ1n) is 6.09. The SMILES string of the molecule is CN(C)/C=C/C(=O)c1c(C(F)(F)F)c(C(F)(F)C(F)(F)F)nn1C. The fourth-order valence-corrected chi connectivity index (χ4v) is 1.72. The molecule has 12 heteroatoms. The summed E-state index contributed by atoms with van der Waals surface area (Å²) in [6.45, 7) is 0. The molecule has 1 aromatic heterocycles. The summed E-state index contributed by atoms with van der Waals surface area (Å²) in [6.07, 6.45) is -10.3. The van der Waals surface area contributed by atoms with Crippen molar-refractivity contribution in [2.24, 2.45) is 7.05 Å². The molecule has 0 aromatic carbocycles. The maximum absolute atomic E-state index is 13.4. The van der Waals surface area contributed by atoms with E-state index in [1.165, 1.54) is 19.0 Å². The van der Waals surface area contributed by atoms with Gasteiger partial charge in [-0.25, -0.2) is 0 Å². The van der Waals surface area contributed by atoms with Crippen LogP contribution in [0.15, 0.2) is 12.3 Å². The van der Waals surface area contributed by atoms with Crippen LogP contribution in [-0.2, 0) is 19.1 Å². The summed E-state index contributed by atoms with van der Waals surface area (Å²) in [5, 5.41) is 2.62. The van der Waals surface area contributed by atoms with Crippen LogP contribution in [0.3, 0.4) is 0 Å². The Morgan fingerprint density at radius 2 is 1.58 bits per heavy atom. The molecule has 24 heavy (non-hydrogen) atoms. The fourth-order valence-electron chi connectivity index (χ4n) is 1.72. The lowest BCUT2D eigenvalue weighted by molar-refractivity contribution is -0.292. The third-order valence-corrected chi connectivity index (χ3v) is 2.74. The molecule has 0 saturated carbocycles. The van der Waals surface area contributed by atoms with Crippen LogP contribution in [0.1, 0.15) is 21.7 Å². The number of halogens is 8. The second-order valence-corrected chi connectivity index (χ2v) is 4.91. The number of aryl methyl sites for hydroxylation is 1. The van der Waals surface area contributed by atoms with Crippen molar-refractivity contribution in [3.05, 3.63) is 29.2 Å². The maximum atomic E-state index is 13.4. The smallest absolute Gasteiger partial charge is 0.383 e. The maximum Gasteiger partial charge on any atom is 0.459 e. The van der Waals surface area contributed by atoms with Crippen LogP contribution in [0.5, 0.6) is 0 Å². The van der Waals surface area contributed by atoms with Crippen molar-refractivity contribution in [3.8, 4) is 0 Å². The number of carbonyl (C=O) groups excluding carboxylic acids is 1. The molecular weight excluding hydrogens is 354 g/mol. The first kappa shape index (κ1) is 19.9. The minimum absolute atomic E-state index is 0.0557. The second-order valence-electron chi connectivity index (χ2n) is 4.91. The molecule has 0 N–H and O–H groups in total. The van der Waals surface area contributed by atoms with Crippen molar-refractivity contribution in [2.75, 3.05) is 14.1 Å². The third kappa shape index (κ3) is 3.67. The molecular formula is C12H11F8N3O. The van der Waals surface area contributed by atoms with Crippen LogP contribution in [0.2, 0.25) is 0 Å². The van der Waals surface area contributed by atoms with Crippen molar-refractivity contribution < 1.29 is 39.9 Å². The van der Waals surface area contributed by atoms with E-state index in [4.69, 9.17) is 0 Å². The zero-order valence-electron chi connectivity index (χ0n) is 12.4. The van der Waals surface area contributed by atoms with Gasteiger partial charge in [-0.15, -0.1) is 0 Å². The number of ketones is 1. The van der Waals surface area contributed by atoms with E-state index in [-0.39, 0.29) is 4.68 Å². The molecule has 136 valence electrons. The summed E-state index contributed by atoms with van der Waals surface area (Å²) < 4.78 is 103. The summed E-state index contributed by atoms with van der Waals surface area (Å²) in [6, 6.07) is 0. The quantitative estimate of drug-likeness (QED) is 0.467. The van der Waals surface area contributed by atoms with Gasteiger partial charge in [-0.05, 0) is 0 Å². The summed E-state index contributed by atoms with van der Waals surface area (Å²) in [5.41, 5.74) is -6.40. The van der Waals surface area contributed by atoms with Gasteiger partial charge in [0.05, 0.1) is 0 Å². The number of allylic oxidation sites excluding steroid dienone is 1. The molecule has 0 radical (unpaired) electrons. The molecule has 0 aliphatic heterocycles. The Bertz CT molecular complexity index is 654. The Morgan fingerprint density at radius 1 is 1.08 bits per heavy atom. The lowest BCUT2D eigenvalue weighted by atomic mass is 10.0. The van der Waals surface area contributed by atoms with E-state index in [1.807, 2.05) is 0 Å². The van der Waals surface area contributed by atoms with Crippen LogP contribution in [-0.4, -0.2) is 40.7 Å². The van der Waals surface area contributed by atoms with Gasteiger partial charge in [-0.1, -0.05) is 0 Å². The highest BCUT2D eigenvalue weighted by molar-refractivity contribution is 6.04. The van der Waals surface area contributed by atoms with Gasteiger partial charge in [0.2, 0.25) is 5.78 Å². The zero-order chi connectivity index (χ0) is 19.1. The van der Waals surface area contributed by atoms with Crippen LogP contribution in [0, 0.1) is 0 Å². The first-order valence-corrected chi connectivity index (χ1v) is 6.09. The van der Waals surface area contributed by atoms with Crippen LogP contribution < -0.4 is 0 Å². The van der Waals surface area contributed by atoms with Gasteiger partial charge in [0.1, 0.15) is 11.3 Å². The predicted octanol–water partition coefficient (Wildman–Crippen LogP) is 3.35. The molecule has 0 saturated heterocycles. The van der Waals surface area contributed by atoms with E-state index in [0.29, 0.717) is 13.1 Å². The highest BCUT2D eigenvalue weighted by Crippen LogP contribution is 2.48. The van der Waals surface area contributed by atoms with Gasteiger partial charge in [-0.3, -0.25) is 9.48 Å². The fraction of sp³-hybridized carbons (Fsp3) is 0.500. The van der Waals surface area contributed by atoms with Crippen LogP contribution in [0.4, 0.5) is 35.1 Å². The largest absolute Gasteiger partial charge is 0.459 e. The molecule has 0 spiro atoms. The molecule has 0 bridgehead atoms. The normalized spacial score (nSPS) is 13.6. The van der Waals surface area contributed by atoms with Crippen molar-refractivity contribution in [3.63, 3.8) is 0 Å². The van der Waals surface area contributed by atoms with Gasteiger partial charge < -0.3 is 4.90 Å². The van der Waals surface area contributed by atoms with E-state index in [0.717, 1.165) is 6.20 Å². The minimum Gasteiger partial charge on any atom is -0.383 e. The number of hydrogen-bond donors (Lipinski definition) is 0. The summed E-state index contributed by atoms with van der Waals surface area (Å²) in [5.74, 6) is -7.30. The Labute approximate surface area is 130 Å². The number of aromatic nitrogens is 2. The van der Waals surface area contributed by atoms with Gasteiger partial charge >= 0.3 is 18.3 Å². The average Bonchev–Trinajstić information content (AvgIpc) is 2.72. The monoisotopic (exact) mass is 365 g/mol. The molecule has 1 heterocycles. The van der Waals surface area contributed by atoms with E-state index in [2.05, 4.69) is 5.10 Å². The summed E-state index contributed by atoms with van der Waals surface area (Å²) in [7, 11) is 3.50.